The SMILES string of the molecule is CC(C)(C)OC(=O)C(C)(C)c1ccc(CC(NC(=O)OCc2ccccc2)C(=O)O)cc1. The molecule has 0 aromatic heterocycles. The van der Waals surface area contributed by atoms with E-state index in [1.807, 2.05) is 51.1 Å². The second-order valence-electron chi connectivity index (χ2n) is 9.12. The Hall–Kier alpha value is -3.35. The molecule has 0 radical (unpaired) electrons. The zero-order chi connectivity index (χ0) is 23.9. The van der Waals surface area contributed by atoms with Gasteiger partial charge in [-0.05, 0) is 51.3 Å². The third kappa shape index (κ3) is 7.41. The monoisotopic (exact) mass is 441 g/mol. The largest absolute Gasteiger partial charge is 0.480 e. The van der Waals surface area contributed by atoms with Gasteiger partial charge in [0, 0.05) is 6.42 Å². The van der Waals surface area contributed by atoms with Crippen molar-refractivity contribution in [2.75, 3.05) is 0 Å². The van der Waals surface area contributed by atoms with Crippen molar-refractivity contribution in [2.24, 2.45) is 0 Å². The number of nitrogens with one attached hydrogen (secondary N) is 1. The average Bonchev–Trinajstić information content (AvgIpc) is 2.71. The molecule has 0 aliphatic rings. The first kappa shape index (κ1) is 24.9. The molecule has 172 valence electrons. The predicted molar refractivity (Wildman–Crippen MR) is 120 cm³/mol. The summed E-state index contributed by atoms with van der Waals surface area (Å²) in [5.74, 6) is -1.51. The third-order valence-corrected chi connectivity index (χ3v) is 4.83. The van der Waals surface area contributed by atoms with Gasteiger partial charge in [-0.15, -0.1) is 0 Å². The normalized spacial score (nSPS) is 12.5. The van der Waals surface area contributed by atoms with Crippen LogP contribution in [0, 0.1) is 0 Å². The summed E-state index contributed by atoms with van der Waals surface area (Å²) in [7, 11) is 0. The lowest BCUT2D eigenvalue weighted by Crippen LogP contribution is -2.42. The lowest BCUT2D eigenvalue weighted by atomic mass is 9.84. The van der Waals surface area contributed by atoms with Crippen molar-refractivity contribution >= 4 is 18.0 Å². The highest BCUT2D eigenvalue weighted by Crippen LogP contribution is 2.27. The van der Waals surface area contributed by atoms with Crippen LogP contribution in [0.25, 0.3) is 0 Å². The van der Waals surface area contributed by atoms with Crippen molar-refractivity contribution in [3.63, 3.8) is 0 Å². The maximum atomic E-state index is 12.6. The van der Waals surface area contributed by atoms with Gasteiger partial charge in [0.2, 0.25) is 0 Å². The van der Waals surface area contributed by atoms with Crippen LogP contribution in [0.3, 0.4) is 0 Å². The average molecular weight is 442 g/mol. The van der Waals surface area contributed by atoms with Crippen LogP contribution in [0.15, 0.2) is 54.6 Å². The minimum atomic E-state index is -1.17. The topological polar surface area (TPSA) is 102 Å². The van der Waals surface area contributed by atoms with E-state index in [9.17, 15) is 19.5 Å². The van der Waals surface area contributed by atoms with Crippen molar-refractivity contribution in [1.29, 1.82) is 0 Å². The van der Waals surface area contributed by atoms with Crippen LogP contribution >= 0.6 is 0 Å². The summed E-state index contributed by atoms with van der Waals surface area (Å²) < 4.78 is 10.6. The summed E-state index contributed by atoms with van der Waals surface area (Å²) in [6, 6.07) is 15.0. The molecule has 0 aliphatic carbocycles. The smallest absolute Gasteiger partial charge is 0.408 e. The molecule has 0 spiro atoms. The summed E-state index contributed by atoms with van der Waals surface area (Å²) in [4.78, 5) is 36.2. The molecule has 0 saturated carbocycles. The number of carboxylic acid groups (broad SMARTS) is 1. The van der Waals surface area contributed by atoms with E-state index in [0.29, 0.717) is 5.56 Å². The lowest BCUT2D eigenvalue weighted by molar-refractivity contribution is -0.160. The van der Waals surface area contributed by atoms with E-state index in [1.54, 1.807) is 38.1 Å². The standard InChI is InChI=1S/C25H31NO6/c1-24(2,3)32-22(29)25(4,5)19-13-11-17(12-14-19)15-20(21(27)28)26-23(30)31-16-18-9-7-6-8-10-18/h6-14,20H,15-16H2,1-5H3,(H,26,30)(H,27,28). The summed E-state index contributed by atoms with van der Waals surface area (Å²) in [6.45, 7) is 9.05. The maximum Gasteiger partial charge on any atom is 0.408 e. The molecule has 2 N–H and O–H groups in total. The van der Waals surface area contributed by atoms with E-state index >= 15 is 0 Å². The maximum absolute atomic E-state index is 12.6. The van der Waals surface area contributed by atoms with Gasteiger partial charge < -0.3 is 19.9 Å². The Morgan fingerprint density at radius 3 is 2.03 bits per heavy atom. The summed E-state index contributed by atoms with van der Waals surface area (Å²) in [6.07, 6.45) is -0.730. The molecule has 2 rings (SSSR count). The zero-order valence-electron chi connectivity index (χ0n) is 19.2. The quantitative estimate of drug-likeness (QED) is 0.595. The molecule has 0 fully saturated rings. The minimum Gasteiger partial charge on any atom is -0.480 e. The first-order valence-corrected chi connectivity index (χ1v) is 10.4. The number of benzene rings is 2. The van der Waals surface area contributed by atoms with Crippen molar-refractivity contribution in [2.45, 2.75) is 64.7 Å². The second-order valence-corrected chi connectivity index (χ2v) is 9.12. The van der Waals surface area contributed by atoms with E-state index in [4.69, 9.17) is 9.47 Å². The van der Waals surface area contributed by atoms with Crippen molar-refractivity contribution in [3.8, 4) is 0 Å². The Morgan fingerprint density at radius 2 is 1.50 bits per heavy atom. The predicted octanol–water partition coefficient (Wildman–Crippen LogP) is 4.23. The van der Waals surface area contributed by atoms with Gasteiger partial charge in [0.25, 0.3) is 0 Å². The van der Waals surface area contributed by atoms with Crippen LogP contribution < -0.4 is 5.32 Å². The molecule has 2 aromatic rings. The van der Waals surface area contributed by atoms with Crippen LogP contribution in [0.4, 0.5) is 4.79 Å². The van der Waals surface area contributed by atoms with Crippen LogP contribution in [-0.2, 0) is 37.5 Å². The first-order chi connectivity index (χ1) is 14.9. The number of ether oxygens (including phenoxy) is 2. The number of carbonyl (C=O) groups is 3. The number of rotatable bonds is 8. The van der Waals surface area contributed by atoms with Gasteiger partial charge in [0.1, 0.15) is 18.2 Å². The summed E-state index contributed by atoms with van der Waals surface area (Å²) in [5, 5.41) is 11.9. The van der Waals surface area contributed by atoms with Crippen molar-refractivity contribution in [1.82, 2.24) is 5.32 Å². The van der Waals surface area contributed by atoms with E-state index in [0.717, 1.165) is 11.1 Å². The highest BCUT2D eigenvalue weighted by molar-refractivity contribution is 5.82. The molecule has 32 heavy (non-hydrogen) atoms. The van der Waals surface area contributed by atoms with E-state index in [2.05, 4.69) is 5.32 Å². The Balaban J connectivity index is 2.00. The summed E-state index contributed by atoms with van der Waals surface area (Å²) in [5.41, 5.74) is 0.793. The van der Waals surface area contributed by atoms with Crippen LogP contribution in [0.5, 0.6) is 0 Å². The lowest BCUT2D eigenvalue weighted by Gasteiger charge is -2.29. The number of amides is 1. The number of esters is 1. The molecule has 2 aromatic carbocycles. The number of hydrogen-bond acceptors (Lipinski definition) is 5. The molecule has 0 aliphatic heterocycles. The Bertz CT molecular complexity index is 929. The van der Waals surface area contributed by atoms with E-state index in [1.165, 1.54) is 0 Å². The second kappa shape index (κ2) is 10.3. The molecule has 1 atom stereocenters. The molecular formula is C25H31NO6. The molecule has 1 unspecified atom stereocenters. The van der Waals surface area contributed by atoms with Gasteiger partial charge in [-0.2, -0.15) is 0 Å². The van der Waals surface area contributed by atoms with E-state index < -0.39 is 29.1 Å². The highest BCUT2D eigenvalue weighted by Gasteiger charge is 2.34. The molecule has 0 bridgehead atoms. The summed E-state index contributed by atoms with van der Waals surface area (Å²) >= 11 is 0. The number of alkyl carbamates (subject to hydrolysis) is 1. The number of carbonyl (C=O) groups excluding carboxylic acids is 2. The highest BCUT2D eigenvalue weighted by atomic mass is 16.6. The van der Waals surface area contributed by atoms with Gasteiger partial charge in [-0.1, -0.05) is 54.6 Å². The van der Waals surface area contributed by atoms with Crippen LogP contribution in [0.1, 0.15) is 51.3 Å². The number of hydrogen-bond donors (Lipinski definition) is 2. The molecule has 0 saturated heterocycles. The molecular weight excluding hydrogens is 410 g/mol. The van der Waals surface area contributed by atoms with E-state index in [-0.39, 0.29) is 19.0 Å². The first-order valence-electron chi connectivity index (χ1n) is 10.4. The Morgan fingerprint density at radius 1 is 0.906 bits per heavy atom. The fraction of sp³-hybridized carbons (Fsp3) is 0.400. The Labute approximate surface area is 188 Å². The number of aliphatic carboxylic acids is 1. The van der Waals surface area contributed by atoms with Gasteiger partial charge in [0.05, 0.1) is 5.41 Å². The third-order valence-electron chi connectivity index (χ3n) is 4.83. The minimum absolute atomic E-state index is 0.0491. The molecule has 0 heterocycles. The Kier molecular flexibility index (Phi) is 8.02. The van der Waals surface area contributed by atoms with Crippen molar-refractivity contribution < 1.29 is 29.0 Å². The van der Waals surface area contributed by atoms with Crippen molar-refractivity contribution in [3.05, 3.63) is 71.3 Å². The van der Waals surface area contributed by atoms with Gasteiger partial charge in [0.15, 0.2) is 0 Å². The molecule has 7 nitrogen and oxygen atoms in total. The van der Waals surface area contributed by atoms with Crippen LogP contribution in [-0.4, -0.2) is 34.8 Å². The van der Waals surface area contributed by atoms with Gasteiger partial charge in [-0.25, -0.2) is 9.59 Å². The fourth-order valence-corrected chi connectivity index (χ4v) is 2.92. The fourth-order valence-electron chi connectivity index (χ4n) is 2.92. The molecule has 1 amide bonds. The van der Waals surface area contributed by atoms with Crippen LogP contribution in [0.2, 0.25) is 0 Å². The zero-order valence-corrected chi connectivity index (χ0v) is 19.2. The number of carboxylic acids is 1. The molecule has 7 heteroatoms. The van der Waals surface area contributed by atoms with Gasteiger partial charge >= 0.3 is 18.0 Å². The van der Waals surface area contributed by atoms with Gasteiger partial charge in [-0.3, -0.25) is 4.79 Å².